The molecule has 0 aromatic rings. The number of carbonyl (C=O) groups is 1. The minimum Gasteiger partial charge on any atom is -0.465 e. The van der Waals surface area contributed by atoms with E-state index >= 15 is 0 Å². The summed E-state index contributed by atoms with van der Waals surface area (Å²) in [6, 6.07) is 0. The summed E-state index contributed by atoms with van der Waals surface area (Å²) in [6.45, 7) is 8.90. The number of allylic oxidation sites excluding steroid dienone is 2. The van der Waals surface area contributed by atoms with Crippen LogP contribution in [0.4, 0.5) is 0 Å². The molecular formula is C12H22O2. The Labute approximate surface area is 87.3 Å². The molecule has 0 spiro atoms. The van der Waals surface area contributed by atoms with Crippen molar-refractivity contribution in [1.82, 2.24) is 0 Å². The monoisotopic (exact) mass is 198 g/mol. The highest BCUT2D eigenvalue weighted by atomic mass is 16.5. The van der Waals surface area contributed by atoms with Crippen LogP contribution in [0.5, 0.6) is 0 Å². The molecule has 2 nitrogen and oxygen atoms in total. The van der Waals surface area contributed by atoms with Gasteiger partial charge in [-0.3, -0.25) is 4.79 Å². The lowest BCUT2D eigenvalue weighted by Gasteiger charge is -2.14. The van der Waals surface area contributed by atoms with Gasteiger partial charge in [0.25, 0.3) is 6.47 Å². The molecular weight excluding hydrogens is 176 g/mol. The third-order valence-corrected chi connectivity index (χ3v) is 2.23. The average molecular weight is 198 g/mol. The van der Waals surface area contributed by atoms with Crippen molar-refractivity contribution < 1.29 is 9.53 Å². The van der Waals surface area contributed by atoms with E-state index in [-0.39, 0.29) is 6.10 Å². The van der Waals surface area contributed by atoms with Crippen molar-refractivity contribution in [2.75, 3.05) is 0 Å². The molecule has 0 bridgehead atoms. The van der Waals surface area contributed by atoms with E-state index in [1.165, 1.54) is 5.57 Å². The van der Waals surface area contributed by atoms with Crippen LogP contribution in [0.15, 0.2) is 11.6 Å². The summed E-state index contributed by atoms with van der Waals surface area (Å²) < 4.78 is 4.84. The number of ether oxygens (including phenoxy) is 1. The molecule has 14 heavy (non-hydrogen) atoms. The Morgan fingerprint density at radius 2 is 2.00 bits per heavy atom. The first-order valence-electron chi connectivity index (χ1n) is 5.28. The first kappa shape index (κ1) is 13.2. The molecule has 0 aliphatic carbocycles. The lowest BCUT2D eigenvalue weighted by atomic mass is 9.98. The van der Waals surface area contributed by atoms with Crippen LogP contribution in [0.25, 0.3) is 0 Å². The molecule has 0 rings (SSSR count). The van der Waals surface area contributed by atoms with Gasteiger partial charge in [0.1, 0.15) is 0 Å². The van der Waals surface area contributed by atoms with Crippen LogP contribution >= 0.6 is 0 Å². The van der Waals surface area contributed by atoms with Gasteiger partial charge in [-0.15, -0.1) is 0 Å². The lowest BCUT2D eigenvalue weighted by Crippen LogP contribution is -2.11. The molecule has 2 heteroatoms. The Bertz CT molecular complexity index is 181. The summed E-state index contributed by atoms with van der Waals surface area (Å²) in [6.07, 6.45) is 5.54. The highest BCUT2D eigenvalue weighted by molar-refractivity contribution is 5.37. The summed E-state index contributed by atoms with van der Waals surface area (Å²) in [7, 11) is 0. The largest absolute Gasteiger partial charge is 0.465 e. The van der Waals surface area contributed by atoms with E-state index < -0.39 is 0 Å². The lowest BCUT2D eigenvalue weighted by molar-refractivity contribution is -0.133. The summed E-state index contributed by atoms with van der Waals surface area (Å²) >= 11 is 0. The first-order chi connectivity index (χ1) is 6.56. The van der Waals surface area contributed by atoms with Gasteiger partial charge in [0.15, 0.2) is 0 Å². The van der Waals surface area contributed by atoms with E-state index in [9.17, 15) is 4.79 Å². The van der Waals surface area contributed by atoms with Gasteiger partial charge in [-0.05, 0) is 46.0 Å². The van der Waals surface area contributed by atoms with Gasteiger partial charge in [-0.25, -0.2) is 0 Å². The van der Waals surface area contributed by atoms with Crippen molar-refractivity contribution in [3.8, 4) is 0 Å². The second-order valence-electron chi connectivity index (χ2n) is 4.24. The van der Waals surface area contributed by atoms with Gasteiger partial charge in [0.05, 0.1) is 6.10 Å². The molecule has 0 aromatic heterocycles. The van der Waals surface area contributed by atoms with Crippen LogP contribution < -0.4 is 0 Å². The second-order valence-corrected chi connectivity index (χ2v) is 4.24. The predicted octanol–water partition coefficient (Wildman–Crippen LogP) is 3.32. The normalized spacial score (nSPS) is 14.3. The Hall–Kier alpha value is -0.790. The van der Waals surface area contributed by atoms with Crippen LogP contribution in [-0.2, 0) is 9.53 Å². The van der Waals surface area contributed by atoms with E-state index in [1.54, 1.807) is 0 Å². The quantitative estimate of drug-likeness (QED) is 0.463. The fourth-order valence-corrected chi connectivity index (χ4v) is 1.49. The van der Waals surface area contributed by atoms with Crippen molar-refractivity contribution in [3.63, 3.8) is 0 Å². The molecule has 0 amide bonds. The van der Waals surface area contributed by atoms with Crippen LogP contribution in [0.1, 0.15) is 47.0 Å². The molecule has 0 fully saturated rings. The van der Waals surface area contributed by atoms with E-state index in [0.29, 0.717) is 12.4 Å². The Kier molecular flexibility index (Phi) is 7.17. The highest BCUT2D eigenvalue weighted by Gasteiger charge is 2.08. The molecule has 0 radical (unpaired) electrons. The predicted molar refractivity (Wildman–Crippen MR) is 59.1 cm³/mol. The Morgan fingerprint density at radius 3 is 2.50 bits per heavy atom. The van der Waals surface area contributed by atoms with E-state index in [2.05, 4.69) is 26.8 Å². The van der Waals surface area contributed by atoms with E-state index in [0.717, 1.165) is 19.3 Å². The summed E-state index contributed by atoms with van der Waals surface area (Å²) in [5, 5.41) is 0. The molecule has 2 atom stereocenters. The summed E-state index contributed by atoms with van der Waals surface area (Å²) in [4.78, 5) is 10.1. The fraction of sp³-hybridized carbons (Fsp3) is 0.750. The third kappa shape index (κ3) is 7.84. The topological polar surface area (TPSA) is 26.3 Å². The van der Waals surface area contributed by atoms with Crippen LogP contribution in [0.3, 0.4) is 0 Å². The van der Waals surface area contributed by atoms with Gasteiger partial charge in [0, 0.05) is 0 Å². The minimum atomic E-state index is 0.0502. The van der Waals surface area contributed by atoms with Crippen LogP contribution in [-0.4, -0.2) is 12.6 Å². The van der Waals surface area contributed by atoms with Gasteiger partial charge in [0.2, 0.25) is 0 Å². The van der Waals surface area contributed by atoms with Crippen LogP contribution in [0, 0.1) is 5.92 Å². The maximum atomic E-state index is 10.1. The average Bonchev–Trinajstić information content (AvgIpc) is 2.03. The summed E-state index contributed by atoms with van der Waals surface area (Å²) in [5.41, 5.74) is 1.37. The molecule has 0 heterocycles. The van der Waals surface area contributed by atoms with Gasteiger partial charge < -0.3 is 4.74 Å². The number of carbonyl (C=O) groups excluding carboxylic acids is 1. The maximum absolute atomic E-state index is 10.1. The van der Waals surface area contributed by atoms with Crippen molar-refractivity contribution in [3.05, 3.63) is 11.6 Å². The number of hydrogen-bond donors (Lipinski definition) is 0. The third-order valence-electron chi connectivity index (χ3n) is 2.23. The molecule has 0 aromatic carbocycles. The SMILES string of the molecule is CC(C)=CCCC(C)CC(C)OC=O. The minimum absolute atomic E-state index is 0.0502. The van der Waals surface area contributed by atoms with Gasteiger partial charge in [-0.2, -0.15) is 0 Å². The molecule has 0 saturated carbocycles. The zero-order chi connectivity index (χ0) is 11.0. The summed E-state index contributed by atoms with van der Waals surface area (Å²) in [5.74, 6) is 0.612. The van der Waals surface area contributed by atoms with E-state index in [1.807, 2.05) is 6.92 Å². The Morgan fingerprint density at radius 1 is 1.36 bits per heavy atom. The van der Waals surface area contributed by atoms with Crippen molar-refractivity contribution in [2.45, 2.75) is 53.1 Å². The molecule has 2 unspecified atom stereocenters. The fourth-order valence-electron chi connectivity index (χ4n) is 1.49. The molecule has 82 valence electrons. The smallest absolute Gasteiger partial charge is 0.293 e. The standard InChI is InChI=1S/C12H22O2/c1-10(2)6-5-7-11(3)8-12(4)14-9-13/h6,9,11-12H,5,7-8H2,1-4H3. The zero-order valence-corrected chi connectivity index (χ0v) is 9.75. The maximum Gasteiger partial charge on any atom is 0.293 e. The Balaban J connectivity index is 3.59. The van der Waals surface area contributed by atoms with Crippen molar-refractivity contribution in [2.24, 2.45) is 5.92 Å². The van der Waals surface area contributed by atoms with Crippen molar-refractivity contribution in [1.29, 1.82) is 0 Å². The zero-order valence-electron chi connectivity index (χ0n) is 9.75. The van der Waals surface area contributed by atoms with Gasteiger partial charge >= 0.3 is 0 Å². The number of rotatable bonds is 7. The molecule has 0 aliphatic rings. The molecule has 0 aliphatic heterocycles. The van der Waals surface area contributed by atoms with Crippen molar-refractivity contribution >= 4 is 6.47 Å². The van der Waals surface area contributed by atoms with E-state index in [4.69, 9.17) is 4.74 Å². The highest BCUT2D eigenvalue weighted by Crippen LogP contribution is 2.15. The van der Waals surface area contributed by atoms with Crippen LogP contribution in [0.2, 0.25) is 0 Å². The second kappa shape index (κ2) is 7.60. The molecule has 0 saturated heterocycles. The first-order valence-corrected chi connectivity index (χ1v) is 5.28. The molecule has 0 N–H and O–H groups in total. The number of hydrogen-bond acceptors (Lipinski definition) is 2. The van der Waals surface area contributed by atoms with Gasteiger partial charge in [-0.1, -0.05) is 18.6 Å².